The number of H-pyrrole nitrogens is 1. The molecule has 1 heterocycles. The van der Waals surface area contributed by atoms with Crippen molar-refractivity contribution in [3.63, 3.8) is 0 Å². The molecule has 0 aliphatic heterocycles. The highest BCUT2D eigenvalue weighted by molar-refractivity contribution is 6.31. The van der Waals surface area contributed by atoms with E-state index >= 15 is 0 Å². The van der Waals surface area contributed by atoms with E-state index in [0.29, 0.717) is 15.9 Å². The molecule has 0 aliphatic rings. The zero-order valence-corrected chi connectivity index (χ0v) is 11.1. The van der Waals surface area contributed by atoms with Gasteiger partial charge in [-0.15, -0.1) is 0 Å². The Morgan fingerprint density at radius 3 is 2.80 bits per heavy atom. The van der Waals surface area contributed by atoms with Crippen molar-refractivity contribution < 1.29 is 14.5 Å². The van der Waals surface area contributed by atoms with E-state index in [-0.39, 0.29) is 12.0 Å². The number of nitrogens with one attached hydrogen (secondary N) is 1. The number of halogens is 1. The molecule has 0 saturated heterocycles. The second-order valence-electron chi connectivity index (χ2n) is 3.98. The third-order valence-electron chi connectivity index (χ3n) is 2.79. The van der Waals surface area contributed by atoms with Crippen LogP contribution in [0, 0.1) is 10.1 Å². The molecular weight excluding hydrogens is 288 g/mol. The fraction of sp³-hybridized carbons (Fsp3) is 0.167. The van der Waals surface area contributed by atoms with Crippen LogP contribution in [0.25, 0.3) is 10.9 Å². The van der Waals surface area contributed by atoms with Crippen LogP contribution in [0.1, 0.15) is 5.56 Å². The lowest BCUT2D eigenvalue weighted by Gasteiger charge is -2.06. The van der Waals surface area contributed by atoms with Gasteiger partial charge in [-0.3, -0.25) is 19.7 Å². The first-order valence-electron chi connectivity index (χ1n) is 5.49. The van der Waals surface area contributed by atoms with Crippen LogP contribution < -0.4 is 5.56 Å². The number of methoxy groups -OCH3 is 1. The van der Waals surface area contributed by atoms with Crippen molar-refractivity contribution in [2.75, 3.05) is 7.11 Å². The van der Waals surface area contributed by atoms with Gasteiger partial charge in [0.1, 0.15) is 0 Å². The van der Waals surface area contributed by atoms with E-state index in [1.165, 1.54) is 25.3 Å². The van der Waals surface area contributed by atoms with Crippen molar-refractivity contribution in [1.29, 1.82) is 0 Å². The van der Waals surface area contributed by atoms with Crippen LogP contribution in [-0.2, 0) is 16.0 Å². The molecule has 0 radical (unpaired) electrons. The SMILES string of the molecule is COC(=O)Cc1c([N+](=O)[O-])c(=O)[nH]c2cc(Cl)ccc12. The van der Waals surface area contributed by atoms with Crippen LogP contribution in [0.5, 0.6) is 0 Å². The minimum Gasteiger partial charge on any atom is -0.469 e. The van der Waals surface area contributed by atoms with Crippen molar-refractivity contribution in [3.05, 3.63) is 49.3 Å². The van der Waals surface area contributed by atoms with Gasteiger partial charge in [0.05, 0.1) is 29.5 Å². The van der Waals surface area contributed by atoms with Crippen molar-refractivity contribution >= 4 is 34.2 Å². The summed E-state index contributed by atoms with van der Waals surface area (Å²) in [6, 6.07) is 4.49. The minimum absolute atomic E-state index is 0.0114. The maximum atomic E-state index is 11.8. The fourth-order valence-electron chi connectivity index (χ4n) is 1.92. The van der Waals surface area contributed by atoms with Gasteiger partial charge in [0.2, 0.25) is 0 Å². The summed E-state index contributed by atoms with van der Waals surface area (Å²) >= 11 is 5.81. The third kappa shape index (κ3) is 2.48. The van der Waals surface area contributed by atoms with E-state index in [0.717, 1.165) is 0 Å². The molecule has 0 fully saturated rings. The number of aromatic amines is 1. The highest BCUT2D eigenvalue weighted by Gasteiger charge is 2.24. The van der Waals surface area contributed by atoms with Gasteiger partial charge in [-0.05, 0) is 12.1 Å². The summed E-state index contributed by atoms with van der Waals surface area (Å²) in [7, 11) is 1.17. The number of ether oxygens (including phenoxy) is 1. The number of benzene rings is 1. The first-order valence-corrected chi connectivity index (χ1v) is 5.87. The molecule has 7 nitrogen and oxygen atoms in total. The monoisotopic (exact) mass is 296 g/mol. The van der Waals surface area contributed by atoms with Crippen molar-refractivity contribution in [2.45, 2.75) is 6.42 Å². The van der Waals surface area contributed by atoms with Gasteiger partial charge in [-0.25, -0.2) is 0 Å². The Morgan fingerprint density at radius 2 is 2.20 bits per heavy atom. The van der Waals surface area contributed by atoms with Gasteiger partial charge in [-0.2, -0.15) is 0 Å². The molecule has 0 atom stereocenters. The standard InChI is InChI=1S/C12H9ClN2O5/c1-20-10(16)5-8-7-3-2-6(13)4-9(7)14-12(17)11(8)15(18)19/h2-4H,5H2,1H3,(H,14,17). The van der Waals surface area contributed by atoms with Crippen LogP contribution in [0.2, 0.25) is 5.02 Å². The first-order chi connectivity index (χ1) is 9.43. The van der Waals surface area contributed by atoms with Gasteiger partial charge in [-0.1, -0.05) is 17.7 Å². The number of aromatic nitrogens is 1. The molecule has 2 aromatic rings. The number of hydrogen-bond donors (Lipinski definition) is 1. The summed E-state index contributed by atoms with van der Waals surface area (Å²) in [6.07, 6.45) is -0.366. The lowest BCUT2D eigenvalue weighted by atomic mass is 10.0. The average molecular weight is 297 g/mol. The number of hydrogen-bond acceptors (Lipinski definition) is 5. The van der Waals surface area contributed by atoms with Crippen LogP contribution in [0.3, 0.4) is 0 Å². The summed E-state index contributed by atoms with van der Waals surface area (Å²) in [5, 5.41) is 11.8. The molecule has 20 heavy (non-hydrogen) atoms. The molecular formula is C12H9ClN2O5. The Bertz CT molecular complexity index is 768. The van der Waals surface area contributed by atoms with Gasteiger partial charge in [0.25, 0.3) is 0 Å². The summed E-state index contributed by atoms with van der Waals surface area (Å²) < 4.78 is 4.50. The summed E-state index contributed by atoms with van der Waals surface area (Å²) in [4.78, 5) is 35.8. The Labute approximate surface area is 117 Å². The molecule has 0 aliphatic carbocycles. The fourth-order valence-corrected chi connectivity index (χ4v) is 2.09. The number of nitrogens with zero attached hydrogens (tertiary/aromatic N) is 1. The van der Waals surface area contributed by atoms with E-state index in [9.17, 15) is 19.7 Å². The van der Waals surface area contributed by atoms with Gasteiger partial charge in [0.15, 0.2) is 0 Å². The van der Waals surface area contributed by atoms with E-state index in [1.807, 2.05) is 0 Å². The Hall–Kier alpha value is -2.41. The average Bonchev–Trinajstić information content (AvgIpc) is 2.37. The minimum atomic E-state index is -0.885. The zero-order valence-electron chi connectivity index (χ0n) is 10.3. The summed E-state index contributed by atoms with van der Waals surface area (Å²) in [5.41, 5.74) is -1.21. The van der Waals surface area contributed by atoms with Gasteiger partial charge >= 0.3 is 17.2 Å². The zero-order chi connectivity index (χ0) is 14.9. The Balaban J connectivity index is 2.82. The maximum Gasteiger partial charge on any atom is 0.338 e. The van der Waals surface area contributed by atoms with Crippen LogP contribution in [0.15, 0.2) is 23.0 Å². The summed E-state index contributed by atoms with van der Waals surface area (Å²) in [6.45, 7) is 0. The Morgan fingerprint density at radius 1 is 1.50 bits per heavy atom. The molecule has 8 heteroatoms. The second-order valence-corrected chi connectivity index (χ2v) is 4.42. The molecule has 0 spiro atoms. The van der Waals surface area contributed by atoms with Gasteiger partial charge < -0.3 is 9.72 Å². The lowest BCUT2D eigenvalue weighted by molar-refractivity contribution is -0.386. The quantitative estimate of drug-likeness (QED) is 0.528. The largest absolute Gasteiger partial charge is 0.469 e. The molecule has 0 unspecified atom stereocenters. The second kappa shape index (κ2) is 5.30. The predicted octanol–water partition coefficient (Wildman–Crippen LogP) is 1.81. The number of carbonyl (C=O) groups excluding carboxylic acids is 1. The van der Waals surface area contributed by atoms with E-state index in [4.69, 9.17) is 11.6 Å². The van der Waals surface area contributed by atoms with Crippen molar-refractivity contribution in [2.24, 2.45) is 0 Å². The van der Waals surface area contributed by atoms with E-state index < -0.39 is 22.1 Å². The van der Waals surface area contributed by atoms with Crippen LogP contribution >= 0.6 is 11.6 Å². The normalized spacial score (nSPS) is 10.5. The van der Waals surface area contributed by atoms with E-state index in [1.54, 1.807) is 0 Å². The Kier molecular flexibility index (Phi) is 3.71. The molecule has 1 N–H and O–H groups in total. The number of nitro groups is 1. The van der Waals surface area contributed by atoms with Crippen LogP contribution in [0.4, 0.5) is 5.69 Å². The summed E-state index contributed by atoms with van der Waals surface area (Å²) in [5.74, 6) is -0.671. The number of pyridine rings is 1. The third-order valence-corrected chi connectivity index (χ3v) is 3.02. The molecule has 2 rings (SSSR count). The smallest absolute Gasteiger partial charge is 0.338 e. The number of carbonyl (C=O) groups is 1. The lowest BCUT2D eigenvalue weighted by Crippen LogP contribution is -2.17. The molecule has 0 saturated carbocycles. The highest BCUT2D eigenvalue weighted by atomic mass is 35.5. The first kappa shape index (κ1) is 14.0. The van der Waals surface area contributed by atoms with E-state index in [2.05, 4.69) is 9.72 Å². The number of esters is 1. The van der Waals surface area contributed by atoms with Crippen LogP contribution in [-0.4, -0.2) is 23.0 Å². The molecule has 1 aromatic heterocycles. The predicted molar refractivity (Wildman–Crippen MR) is 72.0 cm³/mol. The molecule has 0 amide bonds. The number of fused-ring (bicyclic) bond motifs is 1. The molecule has 104 valence electrons. The van der Waals surface area contributed by atoms with Crippen molar-refractivity contribution in [3.8, 4) is 0 Å². The number of rotatable bonds is 3. The van der Waals surface area contributed by atoms with Gasteiger partial charge in [0, 0.05) is 10.4 Å². The van der Waals surface area contributed by atoms with Crippen molar-refractivity contribution in [1.82, 2.24) is 4.98 Å². The highest BCUT2D eigenvalue weighted by Crippen LogP contribution is 2.26. The topological polar surface area (TPSA) is 102 Å². The molecule has 0 bridgehead atoms. The maximum absolute atomic E-state index is 11.8. The molecule has 1 aromatic carbocycles.